The van der Waals surface area contributed by atoms with Crippen LogP contribution in [0.25, 0.3) is 0 Å². The molecular weight excluding hydrogens is 304 g/mol. The van der Waals surface area contributed by atoms with Gasteiger partial charge in [0.25, 0.3) is 0 Å². The lowest BCUT2D eigenvalue weighted by Crippen LogP contribution is -3.13. The quantitative estimate of drug-likeness (QED) is 0.820. The van der Waals surface area contributed by atoms with E-state index in [1.807, 2.05) is 4.68 Å². The summed E-state index contributed by atoms with van der Waals surface area (Å²) in [5.74, 6) is 0.980. The van der Waals surface area contributed by atoms with E-state index in [1.165, 1.54) is 5.69 Å². The number of quaternary nitrogens is 1. The van der Waals surface area contributed by atoms with E-state index in [0.717, 1.165) is 64.5 Å². The molecular formula is C17H25N6O+. The van der Waals surface area contributed by atoms with Crippen LogP contribution in [0.1, 0.15) is 18.7 Å². The summed E-state index contributed by atoms with van der Waals surface area (Å²) >= 11 is 0. The molecule has 2 aromatic rings. The van der Waals surface area contributed by atoms with Crippen molar-refractivity contribution in [3.63, 3.8) is 0 Å². The summed E-state index contributed by atoms with van der Waals surface area (Å²) in [4.78, 5) is 4.00. The maximum atomic E-state index is 5.70. The Balaban J connectivity index is 1.32. The van der Waals surface area contributed by atoms with Crippen molar-refractivity contribution in [3.05, 3.63) is 36.2 Å². The number of tetrazole rings is 1. The molecule has 128 valence electrons. The summed E-state index contributed by atoms with van der Waals surface area (Å²) in [6, 6.07) is 10.7. The second-order valence-electron chi connectivity index (χ2n) is 6.66. The van der Waals surface area contributed by atoms with Crippen molar-refractivity contribution in [1.29, 1.82) is 0 Å². The van der Waals surface area contributed by atoms with Crippen LogP contribution in [0.4, 0.5) is 5.69 Å². The van der Waals surface area contributed by atoms with E-state index in [0.29, 0.717) is 0 Å². The lowest BCUT2D eigenvalue weighted by molar-refractivity contribution is -0.915. The van der Waals surface area contributed by atoms with E-state index in [9.17, 15) is 0 Å². The summed E-state index contributed by atoms with van der Waals surface area (Å²) in [6.07, 6.45) is 2.54. The zero-order valence-corrected chi connectivity index (χ0v) is 14.0. The molecule has 4 rings (SSSR count). The van der Waals surface area contributed by atoms with Gasteiger partial charge in [-0.2, -0.15) is 0 Å². The van der Waals surface area contributed by atoms with Gasteiger partial charge in [0.2, 0.25) is 5.82 Å². The number of ether oxygens (including phenoxy) is 1. The highest BCUT2D eigenvalue weighted by Crippen LogP contribution is 2.14. The lowest BCUT2D eigenvalue weighted by Gasteiger charge is -2.33. The summed E-state index contributed by atoms with van der Waals surface area (Å²) in [5.41, 5.74) is 1.32. The van der Waals surface area contributed by atoms with Gasteiger partial charge in [0, 0.05) is 12.3 Å². The summed E-state index contributed by atoms with van der Waals surface area (Å²) in [7, 11) is 0. The van der Waals surface area contributed by atoms with E-state index in [4.69, 9.17) is 4.74 Å². The van der Waals surface area contributed by atoms with Crippen molar-refractivity contribution in [1.82, 2.24) is 20.2 Å². The predicted octanol–water partition coefficient (Wildman–Crippen LogP) is -0.243. The third kappa shape index (κ3) is 3.57. The SMILES string of the molecule is c1ccc(N2CC[NH+](Cc3nnnn3C[C@@H]3CCCO3)CC2)cc1. The van der Waals surface area contributed by atoms with Gasteiger partial charge in [-0.15, -0.1) is 5.10 Å². The molecule has 1 atom stereocenters. The molecule has 1 N–H and O–H groups in total. The third-order valence-corrected chi connectivity index (χ3v) is 5.01. The molecule has 1 aromatic carbocycles. The number of nitrogens with one attached hydrogen (secondary N) is 1. The Bertz CT molecular complexity index is 632. The molecule has 24 heavy (non-hydrogen) atoms. The fourth-order valence-corrected chi connectivity index (χ4v) is 3.59. The van der Waals surface area contributed by atoms with Crippen molar-refractivity contribution in [3.8, 4) is 0 Å². The molecule has 0 amide bonds. The van der Waals surface area contributed by atoms with Gasteiger partial charge in [-0.05, 0) is 35.4 Å². The monoisotopic (exact) mass is 329 g/mol. The zero-order valence-electron chi connectivity index (χ0n) is 14.0. The van der Waals surface area contributed by atoms with Crippen LogP contribution in [0.2, 0.25) is 0 Å². The summed E-state index contributed by atoms with van der Waals surface area (Å²) in [5, 5.41) is 12.3. The van der Waals surface area contributed by atoms with Crippen LogP contribution in [-0.2, 0) is 17.8 Å². The molecule has 0 aliphatic carbocycles. The van der Waals surface area contributed by atoms with Gasteiger partial charge in [-0.3, -0.25) is 0 Å². The normalized spacial score (nSPS) is 22.2. The van der Waals surface area contributed by atoms with Gasteiger partial charge in [0.1, 0.15) is 6.54 Å². The Morgan fingerprint density at radius 1 is 1.17 bits per heavy atom. The zero-order chi connectivity index (χ0) is 16.2. The van der Waals surface area contributed by atoms with Gasteiger partial charge in [-0.25, -0.2) is 4.68 Å². The number of para-hydroxylation sites is 1. The van der Waals surface area contributed by atoms with Gasteiger partial charge >= 0.3 is 0 Å². The van der Waals surface area contributed by atoms with Crippen LogP contribution in [0.5, 0.6) is 0 Å². The first kappa shape index (κ1) is 15.5. The van der Waals surface area contributed by atoms with Gasteiger partial charge in [-0.1, -0.05) is 18.2 Å². The highest BCUT2D eigenvalue weighted by Gasteiger charge is 2.24. The van der Waals surface area contributed by atoms with Crippen molar-refractivity contribution in [2.75, 3.05) is 37.7 Å². The Labute approximate surface area is 142 Å². The van der Waals surface area contributed by atoms with Crippen LogP contribution >= 0.6 is 0 Å². The largest absolute Gasteiger partial charge is 0.376 e. The highest BCUT2D eigenvalue weighted by atomic mass is 16.5. The van der Waals surface area contributed by atoms with E-state index in [-0.39, 0.29) is 6.10 Å². The first-order chi connectivity index (χ1) is 11.9. The molecule has 0 bridgehead atoms. The standard InChI is InChI=1S/C17H24N6O/c1-2-5-15(6-3-1)22-10-8-21(9-11-22)14-17-18-19-20-23(17)13-16-7-4-12-24-16/h1-3,5-6,16H,4,7-14H2/p+1/t16-/m0/s1. The van der Waals surface area contributed by atoms with E-state index < -0.39 is 0 Å². The lowest BCUT2D eigenvalue weighted by atomic mass is 10.2. The number of nitrogens with zero attached hydrogens (tertiary/aromatic N) is 5. The average Bonchev–Trinajstić information content (AvgIpc) is 3.29. The number of piperazine rings is 1. The molecule has 0 saturated carbocycles. The fraction of sp³-hybridized carbons (Fsp3) is 0.588. The minimum Gasteiger partial charge on any atom is -0.376 e. The maximum Gasteiger partial charge on any atom is 0.206 e. The third-order valence-electron chi connectivity index (χ3n) is 5.01. The van der Waals surface area contributed by atoms with Gasteiger partial charge < -0.3 is 14.5 Å². The topological polar surface area (TPSA) is 60.5 Å². The molecule has 2 fully saturated rings. The first-order valence-corrected chi connectivity index (χ1v) is 8.89. The molecule has 3 heterocycles. The number of hydrogen-bond donors (Lipinski definition) is 1. The minimum absolute atomic E-state index is 0.275. The minimum atomic E-state index is 0.275. The van der Waals surface area contributed by atoms with Crippen LogP contribution in [0.15, 0.2) is 30.3 Å². The number of aromatic nitrogens is 4. The Hall–Kier alpha value is -1.99. The molecule has 0 spiro atoms. The Morgan fingerprint density at radius 3 is 2.75 bits per heavy atom. The van der Waals surface area contributed by atoms with Crippen molar-refractivity contribution in [2.24, 2.45) is 0 Å². The molecule has 7 nitrogen and oxygen atoms in total. The van der Waals surface area contributed by atoms with Gasteiger partial charge in [0.15, 0.2) is 0 Å². The molecule has 7 heteroatoms. The first-order valence-electron chi connectivity index (χ1n) is 8.89. The highest BCUT2D eigenvalue weighted by molar-refractivity contribution is 5.45. The average molecular weight is 329 g/mol. The number of anilines is 1. The molecule has 2 aliphatic heterocycles. The number of hydrogen-bond acceptors (Lipinski definition) is 5. The van der Waals surface area contributed by atoms with Crippen LogP contribution < -0.4 is 9.80 Å². The van der Waals surface area contributed by atoms with Crippen molar-refractivity contribution < 1.29 is 9.64 Å². The van der Waals surface area contributed by atoms with Crippen LogP contribution in [0, 0.1) is 0 Å². The Morgan fingerprint density at radius 2 is 2.00 bits per heavy atom. The summed E-state index contributed by atoms with van der Waals surface area (Å²) < 4.78 is 7.64. The van der Waals surface area contributed by atoms with Crippen LogP contribution in [0.3, 0.4) is 0 Å². The smallest absolute Gasteiger partial charge is 0.206 e. The second-order valence-corrected chi connectivity index (χ2v) is 6.66. The molecule has 0 unspecified atom stereocenters. The second kappa shape index (κ2) is 7.27. The molecule has 2 saturated heterocycles. The van der Waals surface area contributed by atoms with Crippen molar-refractivity contribution in [2.45, 2.75) is 32.0 Å². The number of benzene rings is 1. The molecule has 2 aliphatic rings. The van der Waals surface area contributed by atoms with E-state index in [1.54, 1.807) is 4.90 Å². The van der Waals surface area contributed by atoms with Crippen LogP contribution in [-0.4, -0.2) is 59.1 Å². The van der Waals surface area contributed by atoms with Crippen molar-refractivity contribution >= 4 is 5.69 Å². The number of rotatable bonds is 5. The predicted molar refractivity (Wildman–Crippen MR) is 89.8 cm³/mol. The van der Waals surface area contributed by atoms with E-state index in [2.05, 4.69) is 50.8 Å². The van der Waals surface area contributed by atoms with Gasteiger partial charge in [0.05, 0.1) is 38.8 Å². The maximum absolute atomic E-state index is 5.70. The summed E-state index contributed by atoms with van der Waals surface area (Å²) in [6.45, 7) is 6.92. The van der Waals surface area contributed by atoms with E-state index >= 15 is 0 Å². The fourth-order valence-electron chi connectivity index (χ4n) is 3.59. The Kier molecular flexibility index (Phi) is 4.71. The molecule has 1 aromatic heterocycles. The molecule has 0 radical (unpaired) electrons.